The van der Waals surface area contributed by atoms with Crippen LogP contribution in [-0.2, 0) is 13.1 Å². The zero-order valence-corrected chi connectivity index (χ0v) is 11.0. The predicted octanol–water partition coefficient (Wildman–Crippen LogP) is 1.42. The Labute approximate surface area is 111 Å². The highest BCUT2D eigenvalue weighted by atomic mass is 16.4. The predicted molar refractivity (Wildman–Crippen MR) is 69.0 cm³/mol. The number of hydrazine groups is 1. The van der Waals surface area contributed by atoms with E-state index in [1.54, 1.807) is 18.4 Å². The Morgan fingerprint density at radius 1 is 1.37 bits per heavy atom. The van der Waals surface area contributed by atoms with Crippen LogP contribution in [0.5, 0.6) is 0 Å². The number of nitrogen functional groups attached to an aromatic ring is 1. The fourth-order valence-corrected chi connectivity index (χ4v) is 1.84. The van der Waals surface area contributed by atoms with Crippen LogP contribution in [0.3, 0.4) is 0 Å². The average molecular weight is 263 g/mol. The smallest absolute Gasteiger partial charge is 0.300 e. The lowest BCUT2D eigenvalue weighted by Gasteiger charge is -2.14. The molecule has 0 aromatic carbocycles. The van der Waals surface area contributed by atoms with Gasteiger partial charge >= 0.3 is 5.91 Å². The summed E-state index contributed by atoms with van der Waals surface area (Å²) in [5.41, 5.74) is 3.17. The molecule has 0 radical (unpaired) electrons. The first kappa shape index (κ1) is 13.4. The van der Waals surface area contributed by atoms with Crippen molar-refractivity contribution < 1.29 is 13.6 Å². The first-order valence-corrected chi connectivity index (χ1v) is 5.91. The number of rotatable bonds is 5. The molecule has 0 fully saturated rings. The molecule has 19 heavy (non-hydrogen) atoms. The van der Waals surface area contributed by atoms with E-state index in [0.717, 1.165) is 17.9 Å². The first-order chi connectivity index (χ1) is 9.10. The van der Waals surface area contributed by atoms with Crippen molar-refractivity contribution in [1.82, 2.24) is 10.3 Å². The van der Waals surface area contributed by atoms with Gasteiger partial charge in [0.15, 0.2) is 5.76 Å². The highest BCUT2D eigenvalue weighted by Gasteiger charge is 2.12. The maximum atomic E-state index is 11.3. The Hall–Kier alpha value is -2.05. The SMILES string of the molecule is Cc1occc1CN(C)Cc1ccc(C(=O)NN)o1. The summed E-state index contributed by atoms with van der Waals surface area (Å²) in [6.45, 7) is 3.28. The molecule has 2 aromatic heterocycles. The van der Waals surface area contributed by atoms with Gasteiger partial charge in [-0.05, 0) is 32.2 Å². The van der Waals surface area contributed by atoms with Crippen LogP contribution >= 0.6 is 0 Å². The van der Waals surface area contributed by atoms with E-state index in [1.807, 2.05) is 25.5 Å². The van der Waals surface area contributed by atoms with Gasteiger partial charge < -0.3 is 8.83 Å². The molecule has 2 rings (SSSR count). The molecule has 0 aliphatic heterocycles. The van der Waals surface area contributed by atoms with Crippen LogP contribution in [0.1, 0.15) is 27.6 Å². The minimum Gasteiger partial charge on any atom is -0.469 e. The summed E-state index contributed by atoms with van der Waals surface area (Å²) in [6, 6.07) is 5.32. The molecular weight excluding hydrogens is 246 g/mol. The van der Waals surface area contributed by atoms with Crippen LogP contribution in [0.25, 0.3) is 0 Å². The Morgan fingerprint density at radius 3 is 2.79 bits per heavy atom. The van der Waals surface area contributed by atoms with Crippen molar-refractivity contribution in [2.75, 3.05) is 7.05 Å². The van der Waals surface area contributed by atoms with Gasteiger partial charge in [0.05, 0.1) is 12.8 Å². The zero-order valence-electron chi connectivity index (χ0n) is 11.0. The van der Waals surface area contributed by atoms with Gasteiger partial charge in [0.25, 0.3) is 0 Å². The van der Waals surface area contributed by atoms with Crippen LogP contribution in [0.2, 0.25) is 0 Å². The summed E-state index contributed by atoms with van der Waals surface area (Å²) in [5, 5.41) is 0. The summed E-state index contributed by atoms with van der Waals surface area (Å²) < 4.78 is 10.6. The molecule has 0 atom stereocenters. The van der Waals surface area contributed by atoms with E-state index in [4.69, 9.17) is 14.7 Å². The third-order valence-electron chi connectivity index (χ3n) is 2.85. The maximum Gasteiger partial charge on any atom is 0.300 e. The van der Waals surface area contributed by atoms with Crippen LogP contribution in [0.4, 0.5) is 0 Å². The van der Waals surface area contributed by atoms with Crippen LogP contribution in [-0.4, -0.2) is 17.9 Å². The molecule has 2 aromatic rings. The molecule has 0 unspecified atom stereocenters. The number of carbonyl (C=O) groups excluding carboxylic acids is 1. The Morgan fingerprint density at radius 2 is 2.16 bits per heavy atom. The van der Waals surface area contributed by atoms with Gasteiger partial charge in [0.1, 0.15) is 11.5 Å². The molecule has 0 aliphatic rings. The fourth-order valence-electron chi connectivity index (χ4n) is 1.84. The number of nitrogens with zero attached hydrogens (tertiary/aromatic N) is 1. The lowest BCUT2D eigenvalue weighted by molar-refractivity contribution is 0.0922. The Balaban J connectivity index is 1.95. The molecule has 0 saturated heterocycles. The van der Waals surface area contributed by atoms with Gasteiger partial charge in [0.2, 0.25) is 0 Å². The lowest BCUT2D eigenvalue weighted by Crippen LogP contribution is -2.29. The Kier molecular flexibility index (Phi) is 4.03. The summed E-state index contributed by atoms with van der Waals surface area (Å²) in [6.07, 6.45) is 1.68. The standard InChI is InChI=1S/C13H17N3O3/c1-9-10(5-6-18-9)7-16(2)8-11-3-4-12(19-11)13(17)15-14/h3-6H,7-8,14H2,1-2H3,(H,15,17). The number of nitrogens with two attached hydrogens (primary N) is 1. The number of carbonyl (C=O) groups is 1. The highest BCUT2D eigenvalue weighted by Crippen LogP contribution is 2.14. The number of amides is 1. The van der Waals surface area contributed by atoms with Crippen molar-refractivity contribution >= 4 is 5.91 Å². The van der Waals surface area contributed by atoms with E-state index in [-0.39, 0.29) is 5.76 Å². The number of nitrogens with one attached hydrogen (secondary N) is 1. The largest absolute Gasteiger partial charge is 0.469 e. The minimum absolute atomic E-state index is 0.213. The van der Waals surface area contributed by atoms with Crippen molar-refractivity contribution in [3.05, 3.63) is 47.3 Å². The molecule has 0 saturated carbocycles. The summed E-state index contributed by atoms with van der Waals surface area (Å²) in [7, 11) is 1.97. The van der Waals surface area contributed by atoms with Crippen molar-refractivity contribution in [1.29, 1.82) is 0 Å². The van der Waals surface area contributed by atoms with Gasteiger partial charge in [-0.3, -0.25) is 15.1 Å². The van der Waals surface area contributed by atoms with E-state index in [1.165, 1.54) is 0 Å². The van der Waals surface area contributed by atoms with E-state index < -0.39 is 5.91 Å². The molecule has 102 valence electrons. The third-order valence-corrected chi connectivity index (χ3v) is 2.85. The van der Waals surface area contributed by atoms with Gasteiger partial charge in [-0.25, -0.2) is 5.84 Å². The average Bonchev–Trinajstić information content (AvgIpc) is 2.99. The van der Waals surface area contributed by atoms with Gasteiger partial charge in [0, 0.05) is 12.1 Å². The maximum absolute atomic E-state index is 11.3. The molecule has 0 aliphatic carbocycles. The topological polar surface area (TPSA) is 84.6 Å². The number of hydrogen-bond acceptors (Lipinski definition) is 5. The normalized spacial score (nSPS) is 10.9. The van der Waals surface area contributed by atoms with E-state index in [2.05, 4.69) is 4.90 Å². The zero-order chi connectivity index (χ0) is 13.8. The molecule has 6 heteroatoms. The van der Waals surface area contributed by atoms with Gasteiger partial charge in [-0.2, -0.15) is 0 Å². The van der Waals surface area contributed by atoms with Gasteiger partial charge in [-0.1, -0.05) is 0 Å². The van der Waals surface area contributed by atoms with Crippen LogP contribution in [0, 0.1) is 6.92 Å². The summed E-state index contributed by atoms with van der Waals surface area (Å²) >= 11 is 0. The number of aryl methyl sites for hydroxylation is 1. The minimum atomic E-state index is -0.431. The molecule has 1 amide bonds. The molecule has 0 spiro atoms. The second-order valence-electron chi connectivity index (χ2n) is 4.41. The molecular formula is C13H17N3O3. The first-order valence-electron chi connectivity index (χ1n) is 5.91. The van der Waals surface area contributed by atoms with Crippen molar-refractivity contribution in [3.8, 4) is 0 Å². The molecule has 0 bridgehead atoms. The quantitative estimate of drug-likeness (QED) is 0.484. The summed E-state index contributed by atoms with van der Waals surface area (Å²) in [4.78, 5) is 13.3. The Bertz CT molecular complexity index is 559. The van der Waals surface area contributed by atoms with E-state index >= 15 is 0 Å². The number of hydrogen-bond donors (Lipinski definition) is 2. The number of furan rings is 2. The molecule has 6 nitrogen and oxygen atoms in total. The molecule has 3 N–H and O–H groups in total. The monoisotopic (exact) mass is 263 g/mol. The van der Waals surface area contributed by atoms with Crippen LogP contribution in [0.15, 0.2) is 33.3 Å². The fraction of sp³-hybridized carbons (Fsp3) is 0.308. The second-order valence-corrected chi connectivity index (χ2v) is 4.41. The van der Waals surface area contributed by atoms with E-state index in [9.17, 15) is 4.79 Å². The highest BCUT2D eigenvalue weighted by molar-refractivity contribution is 5.90. The van der Waals surface area contributed by atoms with Gasteiger partial charge in [-0.15, -0.1) is 0 Å². The summed E-state index contributed by atoms with van der Waals surface area (Å²) in [5.74, 6) is 6.45. The third kappa shape index (κ3) is 3.24. The van der Waals surface area contributed by atoms with Crippen molar-refractivity contribution in [2.24, 2.45) is 5.84 Å². The van der Waals surface area contributed by atoms with Crippen molar-refractivity contribution in [3.63, 3.8) is 0 Å². The lowest BCUT2D eigenvalue weighted by atomic mass is 10.2. The van der Waals surface area contributed by atoms with E-state index in [0.29, 0.717) is 12.3 Å². The van der Waals surface area contributed by atoms with Crippen molar-refractivity contribution in [2.45, 2.75) is 20.0 Å². The molecule has 2 heterocycles. The van der Waals surface area contributed by atoms with Crippen LogP contribution < -0.4 is 11.3 Å². The second kappa shape index (κ2) is 5.73.